The lowest BCUT2D eigenvalue weighted by Crippen LogP contribution is -2.32. The van der Waals surface area contributed by atoms with Gasteiger partial charge in [-0.15, -0.1) is 6.58 Å². The van der Waals surface area contributed by atoms with Gasteiger partial charge < -0.3 is 9.47 Å². The Morgan fingerprint density at radius 3 is 2.31 bits per heavy atom. The van der Waals surface area contributed by atoms with Crippen molar-refractivity contribution in [2.24, 2.45) is 17.8 Å². The highest BCUT2D eigenvalue weighted by Gasteiger charge is 2.22. The van der Waals surface area contributed by atoms with E-state index < -0.39 is 11.6 Å². The van der Waals surface area contributed by atoms with Gasteiger partial charge in [0.05, 0.1) is 18.8 Å². The van der Waals surface area contributed by atoms with Crippen molar-refractivity contribution in [3.8, 4) is 11.8 Å². The molecule has 1 saturated heterocycles. The Bertz CT molecular complexity index is 710. The minimum atomic E-state index is -0.583. The van der Waals surface area contributed by atoms with Crippen molar-refractivity contribution in [3.05, 3.63) is 47.5 Å². The maximum Gasteiger partial charge on any atom is 0.157 e. The topological polar surface area (TPSA) is 18.5 Å². The largest absolute Gasteiger partial charge is 0.352 e. The molecule has 0 atom stereocenters. The molecule has 1 saturated carbocycles. The second-order valence-corrected chi connectivity index (χ2v) is 8.34. The first kappa shape index (κ1) is 22.0. The number of rotatable bonds is 6. The fourth-order valence-corrected chi connectivity index (χ4v) is 4.17. The van der Waals surface area contributed by atoms with Gasteiger partial charge in [0.2, 0.25) is 0 Å². The second-order valence-electron chi connectivity index (χ2n) is 8.34. The highest BCUT2D eigenvalue weighted by Crippen LogP contribution is 2.29. The van der Waals surface area contributed by atoms with Gasteiger partial charge in [-0.3, -0.25) is 0 Å². The predicted octanol–water partition coefficient (Wildman–Crippen LogP) is 6.03. The van der Waals surface area contributed by atoms with Crippen LogP contribution in [0.4, 0.5) is 8.78 Å². The molecule has 3 rings (SSSR count). The average Bonchev–Trinajstić information content (AvgIpc) is 2.73. The van der Waals surface area contributed by atoms with E-state index in [1.54, 1.807) is 0 Å². The van der Waals surface area contributed by atoms with Gasteiger partial charge >= 0.3 is 0 Å². The van der Waals surface area contributed by atoms with E-state index in [9.17, 15) is 8.78 Å². The van der Waals surface area contributed by atoms with Crippen molar-refractivity contribution in [1.29, 1.82) is 0 Å². The number of aryl methyl sites for hydroxylation is 1. The number of allylic oxidation sites excluding steroid dienone is 1. The highest BCUT2D eigenvalue weighted by atomic mass is 19.1. The molecule has 4 heteroatoms. The van der Waals surface area contributed by atoms with E-state index >= 15 is 0 Å². The maximum atomic E-state index is 14.5. The summed E-state index contributed by atoms with van der Waals surface area (Å²) in [5.74, 6) is 5.89. The molecule has 0 amide bonds. The smallest absolute Gasteiger partial charge is 0.157 e. The van der Waals surface area contributed by atoms with E-state index in [2.05, 4.69) is 25.3 Å². The number of hydrogen-bond acceptors (Lipinski definition) is 2. The molecule has 2 nitrogen and oxygen atoms in total. The van der Waals surface area contributed by atoms with Crippen LogP contribution in [0.25, 0.3) is 0 Å². The summed E-state index contributed by atoms with van der Waals surface area (Å²) in [5, 5.41) is 0. The third kappa shape index (κ3) is 6.39. The van der Waals surface area contributed by atoms with E-state index in [1.807, 2.05) is 6.08 Å². The fourth-order valence-electron chi connectivity index (χ4n) is 4.17. The summed E-state index contributed by atoms with van der Waals surface area (Å²) in [4.78, 5) is 0. The molecule has 158 valence electrons. The van der Waals surface area contributed by atoms with Crippen LogP contribution in [0.5, 0.6) is 0 Å². The van der Waals surface area contributed by atoms with Crippen molar-refractivity contribution >= 4 is 0 Å². The van der Waals surface area contributed by atoms with E-state index in [4.69, 9.17) is 9.47 Å². The van der Waals surface area contributed by atoms with Crippen LogP contribution in [0.3, 0.4) is 0 Å². The number of hydrogen-bond donors (Lipinski definition) is 0. The lowest BCUT2D eigenvalue weighted by atomic mass is 9.82. The first-order valence-electron chi connectivity index (χ1n) is 10.9. The number of benzene rings is 1. The van der Waals surface area contributed by atoms with Crippen LogP contribution in [-0.4, -0.2) is 19.5 Å². The second kappa shape index (κ2) is 10.9. The molecule has 2 aliphatic rings. The van der Waals surface area contributed by atoms with E-state index in [0.717, 1.165) is 38.5 Å². The zero-order valence-electron chi connectivity index (χ0n) is 17.4. The molecular weight excluding hydrogens is 370 g/mol. The van der Waals surface area contributed by atoms with Gasteiger partial charge in [-0.1, -0.05) is 31.3 Å². The highest BCUT2D eigenvalue weighted by molar-refractivity contribution is 5.39. The molecule has 29 heavy (non-hydrogen) atoms. The Morgan fingerprint density at radius 2 is 1.72 bits per heavy atom. The number of halogens is 2. The molecule has 1 aromatic carbocycles. The summed E-state index contributed by atoms with van der Waals surface area (Å²) in [6.45, 7) is 7.39. The van der Waals surface area contributed by atoms with Crippen molar-refractivity contribution in [2.75, 3.05) is 13.2 Å². The van der Waals surface area contributed by atoms with Crippen LogP contribution >= 0.6 is 0 Å². The molecule has 0 bridgehead atoms. The van der Waals surface area contributed by atoms with E-state index in [1.165, 1.54) is 12.1 Å². The maximum absolute atomic E-state index is 14.5. The van der Waals surface area contributed by atoms with Gasteiger partial charge in [0.25, 0.3) is 0 Å². The molecule has 0 unspecified atom stereocenters. The molecule has 1 aliphatic carbocycles. The van der Waals surface area contributed by atoms with Crippen molar-refractivity contribution in [2.45, 2.75) is 64.6 Å². The molecule has 0 spiro atoms. The summed E-state index contributed by atoms with van der Waals surface area (Å²) >= 11 is 0. The Hall–Kier alpha value is -1.70. The van der Waals surface area contributed by atoms with Gasteiger partial charge in [0.15, 0.2) is 6.29 Å². The van der Waals surface area contributed by atoms with Gasteiger partial charge in [0.1, 0.15) is 11.6 Å². The minimum Gasteiger partial charge on any atom is -0.352 e. The minimum absolute atomic E-state index is 0.118. The predicted molar refractivity (Wildman–Crippen MR) is 111 cm³/mol. The molecule has 1 aromatic rings. The van der Waals surface area contributed by atoms with Crippen LogP contribution in [0.1, 0.15) is 63.0 Å². The van der Waals surface area contributed by atoms with Crippen LogP contribution in [-0.2, 0) is 15.9 Å². The Kier molecular flexibility index (Phi) is 8.27. The first-order valence-corrected chi connectivity index (χ1v) is 10.9. The summed E-state index contributed by atoms with van der Waals surface area (Å²) in [5.41, 5.74) is 0.493. The lowest BCUT2D eigenvalue weighted by molar-refractivity contribution is -0.203. The Labute approximate surface area is 173 Å². The molecule has 1 aliphatic heterocycles. The van der Waals surface area contributed by atoms with Crippen molar-refractivity contribution in [3.63, 3.8) is 0 Å². The van der Waals surface area contributed by atoms with Crippen LogP contribution in [0, 0.1) is 41.2 Å². The Balaban J connectivity index is 1.53. The summed E-state index contributed by atoms with van der Waals surface area (Å²) in [6.07, 6.45) is 9.05. The van der Waals surface area contributed by atoms with Gasteiger partial charge in [-0.2, -0.15) is 0 Å². The van der Waals surface area contributed by atoms with Crippen molar-refractivity contribution < 1.29 is 18.3 Å². The molecule has 1 heterocycles. The summed E-state index contributed by atoms with van der Waals surface area (Å²) in [7, 11) is 0. The van der Waals surface area contributed by atoms with Crippen molar-refractivity contribution in [1.82, 2.24) is 0 Å². The standard InChI is InChI=1S/C25H32F2O2/c1-3-5-21-16-28-25(29-17-21)13-11-20-14-23(26)22(24(27)15-20)12-10-19-8-6-18(4-2)7-9-19/h4,14-15,18-19,21,25H,2-3,5-9,11,13,16-17H2,1H3/t18-,19-,21-,25-. The molecule has 0 aromatic heterocycles. The number of ether oxygens (including phenoxy) is 2. The Morgan fingerprint density at radius 1 is 1.07 bits per heavy atom. The third-order valence-electron chi connectivity index (χ3n) is 6.01. The summed E-state index contributed by atoms with van der Waals surface area (Å²) in [6, 6.07) is 2.79. The van der Waals surface area contributed by atoms with E-state index in [0.29, 0.717) is 43.5 Å². The zero-order chi connectivity index (χ0) is 20.6. The molecule has 0 N–H and O–H groups in total. The van der Waals surface area contributed by atoms with Crippen LogP contribution in [0.2, 0.25) is 0 Å². The van der Waals surface area contributed by atoms with Gasteiger partial charge in [-0.25, -0.2) is 8.78 Å². The zero-order valence-corrected chi connectivity index (χ0v) is 17.4. The SMILES string of the molecule is C=C[C@H]1CC[C@H](C#Cc2c(F)cc(CC[C@H]3OC[C@H](CCC)CO3)cc2F)CC1. The van der Waals surface area contributed by atoms with Gasteiger partial charge in [0, 0.05) is 18.3 Å². The molecule has 2 fully saturated rings. The van der Waals surface area contributed by atoms with Crippen LogP contribution < -0.4 is 0 Å². The summed E-state index contributed by atoms with van der Waals surface area (Å²) < 4.78 is 40.4. The third-order valence-corrected chi connectivity index (χ3v) is 6.01. The lowest BCUT2D eigenvalue weighted by Gasteiger charge is -2.29. The normalized spacial score (nSPS) is 27.1. The monoisotopic (exact) mass is 402 g/mol. The van der Waals surface area contributed by atoms with Gasteiger partial charge in [-0.05, 0) is 62.1 Å². The fraction of sp³-hybridized carbons (Fsp3) is 0.600. The first-order chi connectivity index (χ1) is 14.1. The quantitative estimate of drug-likeness (QED) is 0.427. The van der Waals surface area contributed by atoms with E-state index in [-0.39, 0.29) is 17.8 Å². The van der Waals surface area contributed by atoms with Crippen LogP contribution in [0.15, 0.2) is 24.8 Å². The molecule has 0 radical (unpaired) electrons. The average molecular weight is 403 g/mol. The molecular formula is C25H32F2O2.